The molecule has 0 aliphatic heterocycles. The number of hydrogen-bond donors (Lipinski definition) is 2. The molecule has 0 bridgehead atoms. The van der Waals surface area contributed by atoms with Gasteiger partial charge in [0.05, 0.1) is 5.92 Å². The van der Waals surface area contributed by atoms with Crippen molar-refractivity contribution in [3.63, 3.8) is 0 Å². The van der Waals surface area contributed by atoms with E-state index in [0.29, 0.717) is 29.5 Å². The van der Waals surface area contributed by atoms with E-state index in [2.05, 4.69) is 37.6 Å². The molecule has 2 unspecified atom stereocenters. The Morgan fingerprint density at radius 2 is 2.44 bits per heavy atom. The lowest BCUT2D eigenvalue weighted by Crippen LogP contribution is -2.31. The Labute approximate surface area is 104 Å². The van der Waals surface area contributed by atoms with Crippen LogP contribution in [-0.2, 0) is 0 Å². The van der Waals surface area contributed by atoms with Gasteiger partial charge in [-0.1, -0.05) is 18.5 Å². The maximum absolute atomic E-state index is 5.36. The highest BCUT2D eigenvalue weighted by Gasteiger charge is 2.32. The number of likely N-dealkylation sites (N-methyl/N-ethyl adjacent to an activating group) is 1. The van der Waals surface area contributed by atoms with Gasteiger partial charge in [0.15, 0.2) is 5.82 Å². The Hall–Kier alpha value is -1.76. The average molecular weight is 248 g/mol. The molecule has 0 radical (unpaired) electrons. The van der Waals surface area contributed by atoms with Crippen molar-refractivity contribution in [1.29, 1.82) is 0 Å². The molecule has 96 valence electrons. The van der Waals surface area contributed by atoms with Crippen molar-refractivity contribution >= 4 is 0 Å². The summed E-state index contributed by atoms with van der Waals surface area (Å²) in [7, 11) is 0. The van der Waals surface area contributed by atoms with Crippen LogP contribution >= 0.6 is 0 Å². The molecule has 7 heteroatoms. The zero-order valence-electron chi connectivity index (χ0n) is 10.3. The summed E-state index contributed by atoms with van der Waals surface area (Å²) in [6.45, 7) is 3.08. The molecular weight excluding hydrogens is 232 g/mol. The number of hydrogen-bond acceptors (Lipinski definition) is 6. The van der Waals surface area contributed by atoms with Gasteiger partial charge in [0.1, 0.15) is 6.33 Å². The van der Waals surface area contributed by atoms with E-state index in [1.54, 1.807) is 0 Å². The molecule has 2 heterocycles. The highest BCUT2D eigenvalue weighted by atomic mass is 16.5. The number of rotatable bonds is 4. The van der Waals surface area contributed by atoms with Gasteiger partial charge in [-0.15, -0.1) is 0 Å². The topological polar surface area (TPSA) is 92.5 Å². The highest BCUT2D eigenvalue weighted by molar-refractivity contribution is 5.39. The number of H-pyrrole nitrogens is 1. The normalized spacial score (nSPS) is 23.6. The maximum Gasteiger partial charge on any atom is 0.239 e. The van der Waals surface area contributed by atoms with Gasteiger partial charge in [-0.05, 0) is 19.4 Å². The molecule has 0 spiro atoms. The lowest BCUT2D eigenvalue weighted by Gasteiger charge is -2.16. The van der Waals surface area contributed by atoms with Gasteiger partial charge in [-0.3, -0.25) is 5.10 Å². The maximum atomic E-state index is 5.36. The van der Waals surface area contributed by atoms with Crippen LogP contribution in [0.2, 0.25) is 0 Å². The number of aromatic nitrogens is 5. The molecule has 1 saturated carbocycles. The molecule has 3 rings (SSSR count). The largest absolute Gasteiger partial charge is 0.338 e. The summed E-state index contributed by atoms with van der Waals surface area (Å²) in [6.07, 6.45) is 4.89. The first-order chi connectivity index (χ1) is 8.88. The molecule has 0 aromatic carbocycles. The molecule has 2 N–H and O–H groups in total. The van der Waals surface area contributed by atoms with E-state index in [9.17, 15) is 0 Å². The number of nitrogens with one attached hydrogen (secondary N) is 2. The van der Waals surface area contributed by atoms with Gasteiger partial charge in [-0.2, -0.15) is 10.1 Å². The van der Waals surface area contributed by atoms with Gasteiger partial charge < -0.3 is 9.84 Å². The van der Waals surface area contributed by atoms with Crippen LogP contribution in [0.25, 0.3) is 11.6 Å². The molecule has 18 heavy (non-hydrogen) atoms. The second-order valence-electron chi connectivity index (χ2n) is 4.49. The third kappa shape index (κ3) is 2.01. The van der Waals surface area contributed by atoms with E-state index in [0.717, 1.165) is 13.0 Å². The molecule has 2 aromatic heterocycles. The molecular formula is C11H16N6O. The van der Waals surface area contributed by atoms with Crippen LogP contribution in [0.15, 0.2) is 10.9 Å². The lowest BCUT2D eigenvalue weighted by atomic mass is 10.0. The molecule has 0 saturated heterocycles. The highest BCUT2D eigenvalue weighted by Crippen LogP contribution is 2.34. The van der Waals surface area contributed by atoms with Gasteiger partial charge in [-0.25, -0.2) is 4.98 Å². The summed E-state index contributed by atoms with van der Waals surface area (Å²) in [6, 6.07) is 0.443. The van der Waals surface area contributed by atoms with E-state index in [1.165, 1.54) is 19.2 Å². The van der Waals surface area contributed by atoms with Gasteiger partial charge in [0, 0.05) is 6.04 Å². The predicted molar refractivity (Wildman–Crippen MR) is 63.7 cm³/mol. The predicted octanol–water partition coefficient (Wildman–Crippen LogP) is 1.10. The van der Waals surface area contributed by atoms with E-state index >= 15 is 0 Å². The SMILES string of the molecule is CCNC1CCCC1c1nc(-c2ncn[nH]2)no1. The van der Waals surface area contributed by atoms with Gasteiger partial charge in [0.2, 0.25) is 11.7 Å². The zero-order chi connectivity index (χ0) is 12.4. The summed E-state index contributed by atoms with van der Waals surface area (Å²) >= 11 is 0. The second-order valence-corrected chi connectivity index (χ2v) is 4.49. The van der Waals surface area contributed by atoms with Crippen molar-refractivity contribution < 1.29 is 4.52 Å². The van der Waals surface area contributed by atoms with Crippen LogP contribution < -0.4 is 5.32 Å². The van der Waals surface area contributed by atoms with Crippen molar-refractivity contribution in [3.05, 3.63) is 12.2 Å². The first-order valence-corrected chi connectivity index (χ1v) is 6.31. The van der Waals surface area contributed by atoms with Crippen molar-refractivity contribution in [1.82, 2.24) is 30.6 Å². The number of aromatic amines is 1. The van der Waals surface area contributed by atoms with Crippen LogP contribution in [0, 0.1) is 0 Å². The summed E-state index contributed by atoms with van der Waals surface area (Å²) in [5.41, 5.74) is 0. The van der Waals surface area contributed by atoms with E-state index in [4.69, 9.17) is 4.52 Å². The zero-order valence-corrected chi connectivity index (χ0v) is 10.3. The monoisotopic (exact) mass is 248 g/mol. The van der Waals surface area contributed by atoms with Crippen molar-refractivity contribution in [3.8, 4) is 11.6 Å². The summed E-state index contributed by atoms with van der Waals surface area (Å²) in [5.74, 6) is 2.03. The molecule has 0 amide bonds. The minimum atomic E-state index is 0.314. The molecule has 1 fully saturated rings. The Morgan fingerprint density at radius 3 is 3.22 bits per heavy atom. The Kier molecular flexibility index (Phi) is 3.06. The van der Waals surface area contributed by atoms with Crippen LogP contribution in [0.1, 0.15) is 38.0 Å². The first kappa shape index (κ1) is 11.3. The molecule has 1 aliphatic carbocycles. The Balaban J connectivity index is 1.80. The molecule has 2 aromatic rings. The third-order valence-electron chi connectivity index (χ3n) is 3.37. The molecule has 1 aliphatic rings. The number of nitrogens with zero attached hydrogens (tertiary/aromatic N) is 4. The average Bonchev–Trinajstić information content (AvgIpc) is 3.10. The minimum Gasteiger partial charge on any atom is -0.338 e. The van der Waals surface area contributed by atoms with E-state index in [1.807, 2.05) is 0 Å². The fourth-order valence-corrected chi connectivity index (χ4v) is 2.56. The van der Waals surface area contributed by atoms with Gasteiger partial charge >= 0.3 is 0 Å². The summed E-state index contributed by atoms with van der Waals surface area (Å²) in [4.78, 5) is 8.43. The van der Waals surface area contributed by atoms with Crippen molar-refractivity contribution in [2.45, 2.75) is 38.1 Å². The van der Waals surface area contributed by atoms with Crippen LogP contribution in [-0.4, -0.2) is 37.9 Å². The fourth-order valence-electron chi connectivity index (χ4n) is 2.56. The van der Waals surface area contributed by atoms with Crippen LogP contribution in [0.4, 0.5) is 0 Å². The third-order valence-corrected chi connectivity index (χ3v) is 3.37. The van der Waals surface area contributed by atoms with Gasteiger partial charge in [0.25, 0.3) is 0 Å². The van der Waals surface area contributed by atoms with Crippen molar-refractivity contribution in [2.24, 2.45) is 0 Å². The lowest BCUT2D eigenvalue weighted by molar-refractivity contribution is 0.332. The summed E-state index contributed by atoms with van der Waals surface area (Å²) in [5, 5.41) is 13.9. The smallest absolute Gasteiger partial charge is 0.239 e. The van der Waals surface area contributed by atoms with E-state index in [-0.39, 0.29) is 0 Å². The fraction of sp³-hybridized carbons (Fsp3) is 0.636. The quantitative estimate of drug-likeness (QED) is 0.841. The van der Waals surface area contributed by atoms with Crippen molar-refractivity contribution in [2.75, 3.05) is 6.54 Å². The Morgan fingerprint density at radius 1 is 1.50 bits per heavy atom. The molecule has 7 nitrogen and oxygen atoms in total. The van der Waals surface area contributed by atoms with E-state index < -0.39 is 0 Å². The first-order valence-electron chi connectivity index (χ1n) is 6.31. The van der Waals surface area contributed by atoms with Crippen LogP contribution in [0.5, 0.6) is 0 Å². The minimum absolute atomic E-state index is 0.314. The molecule has 2 atom stereocenters. The standard InChI is InChI=1S/C11H16N6O/c1-2-12-8-5-3-4-7(8)11-15-10(17-18-11)9-13-6-14-16-9/h6-8,12H,2-5H2,1H3,(H,13,14,16). The Bertz CT molecular complexity index is 493. The second kappa shape index (κ2) is 4.85. The van der Waals surface area contributed by atoms with Crippen LogP contribution in [0.3, 0.4) is 0 Å². The summed E-state index contributed by atoms with van der Waals surface area (Å²) < 4.78 is 5.36.